The molecule has 1 saturated heterocycles. The number of rotatable bonds is 5. The van der Waals surface area contributed by atoms with E-state index in [1.165, 1.54) is 11.1 Å². The molecule has 4 heteroatoms. The van der Waals surface area contributed by atoms with E-state index in [2.05, 4.69) is 80.2 Å². The zero-order valence-corrected chi connectivity index (χ0v) is 17.3. The summed E-state index contributed by atoms with van der Waals surface area (Å²) in [6, 6.07) is 13.1. The molecule has 27 heavy (non-hydrogen) atoms. The van der Waals surface area contributed by atoms with Crippen molar-refractivity contribution < 1.29 is 4.74 Å². The summed E-state index contributed by atoms with van der Waals surface area (Å²) in [6.07, 6.45) is 2.21. The van der Waals surface area contributed by atoms with Crippen LogP contribution in [0.2, 0.25) is 0 Å². The molecule has 0 aliphatic carbocycles. The van der Waals surface area contributed by atoms with Gasteiger partial charge in [-0.25, -0.2) is 0 Å². The van der Waals surface area contributed by atoms with Gasteiger partial charge >= 0.3 is 0 Å². The van der Waals surface area contributed by atoms with Gasteiger partial charge < -0.3 is 10.1 Å². The van der Waals surface area contributed by atoms with Crippen molar-refractivity contribution in [3.8, 4) is 5.75 Å². The minimum atomic E-state index is 0.0960. The van der Waals surface area contributed by atoms with Gasteiger partial charge in [-0.15, -0.1) is 0 Å². The van der Waals surface area contributed by atoms with Crippen LogP contribution in [0.5, 0.6) is 5.75 Å². The Labute approximate surface area is 164 Å². The van der Waals surface area contributed by atoms with Gasteiger partial charge in [-0.2, -0.15) is 0 Å². The van der Waals surface area contributed by atoms with E-state index in [4.69, 9.17) is 4.74 Å². The van der Waals surface area contributed by atoms with Crippen LogP contribution < -0.4 is 10.1 Å². The highest BCUT2D eigenvalue weighted by molar-refractivity contribution is 5.36. The summed E-state index contributed by atoms with van der Waals surface area (Å²) in [5, 5.41) is 3.66. The summed E-state index contributed by atoms with van der Waals surface area (Å²) >= 11 is 0. The lowest BCUT2D eigenvalue weighted by Gasteiger charge is -2.34. The molecule has 2 heterocycles. The van der Waals surface area contributed by atoms with Crippen LogP contribution >= 0.6 is 0 Å². The second kappa shape index (κ2) is 8.41. The Morgan fingerprint density at radius 3 is 2.63 bits per heavy atom. The highest BCUT2D eigenvalue weighted by Gasteiger charge is 2.24. The van der Waals surface area contributed by atoms with E-state index in [0.29, 0.717) is 0 Å². The van der Waals surface area contributed by atoms with Crippen LogP contribution in [-0.2, 0) is 12.0 Å². The molecule has 3 rings (SSSR count). The van der Waals surface area contributed by atoms with E-state index in [0.717, 1.165) is 37.6 Å². The van der Waals surface area contributed by atoms with E-state index < -0.39 is 0 Å². The third-order valence-corrected chi connectivity index (χ3v) is 4.92. The summed E-state index contributed by atoms with van der Waals surface area (Å²) < 4.78 is 6.03. The van der Waals surface area contributed by atoms with Crippen LogP contribution in [0.15, 0.2) is 42.6 Å². The third kappa shape index (κ3) is 5.30. The van der Waals surface area contributed by atoms with Crippen molar-refractivity contribution in [1.29, 1.82) is 0 Å². The van der Waals surface area contributed by atoms with E-state index in [1.807, 2.05) is 12.3 Å². The lowest BCUT2D eigenvalue weighted by atomic mass is 9.91. The van der Waals surface area contributed by atoms with Gasteiger partial charge in [0.05, 0.1) is 6.10 Å². The molecule has 1 aromatic carbocycles. The Kier molecular flexibility index (Phi) is 6.18. The highest BCUT2D eigenvalue weighted by atomic mass is 16.5. The standard InChI is InChI=1S/C23H33N3O/c1-17(2)27-21-9-7-6-8-19(21)20-16-26(13-12-24-20)15-18-10-11-22(25-14-18)23(3,4)5/h6-11,14,17,20,24H,12-13,15-16H2,1-5H3. The fraction of sp³-hybridized carbons (Fsp3) is 0.522. The van der Waals surface area contributed by atoms with E-state index in [1.54, 1.807) is 0 Å². The number of benzene rings is 1. The molecule has 1 fully saturated rings. The molecule has 2 aromatic rings. The predicted molar refractivity (Wildman–Crippen MR) is 111 cm³/mol. The highest BCUT2D eigenvalue weighted by Crippen LogP contribution is 2.28. The summed E-state index contributed by atoms with van der Waals surface area (Å²) in [5.41, 5.74) is 3.76. The average Bonchev–Trinajstić information content (AvgIpc) is 2.62. The SMILES string of the molecule is CC(C)Oc1ccccc1C1CN(Cc2ccc(C(C)(C)C)nc2)CCN1. The summed E-state index contributed by atoms with van der Waals surface area (Å²) in [6.45, 7) is 14.7. The summed E-state index contributed by atoms with van der Waals surface area (Å²) in [5.74, 6) is 0.989. The van der Waals surface area contributed by atoms with Crippen LogP contribution in [0.1, 0.15) is 57.5 Å². The molecule has 1 aliphatic rings. The van der Waals surface area contributed by atoms with Gasteiger partial charge in [0.2, 0.25) is 0 Å². The number of hydrogen-bond donors (Lipinski definition) is 1. The number of nitrogens with one attached hydrogen (secondary N) is 1. The lowest BCUT2D eigenvalue weighted by molar-refractivity contribution is 0.186. The Balaban J connectivity index is 1.68. The predicted octanol–water partition coefficient (Wildman–Crippen LogP) is 4.31. The number of hydrogen-bond acceptors (Lipinski definition) is 4. The summed E-state index contributed by atoms with van der Waals surface area (Å²) in [7, 11) is 0. The van der Waals surface area contributed by atoms with Crippen molar-refractivity contribution in [1.82, 2.24) is 15.2 Å². The van der Waals surface area contributed by atoms with Gasteiger partial charge in [-0.3, -0.25) is 9.88 Å². The molecule has 4 nitrogen and oxygen atoms in total. The zero-order valence-electron chi connectivity index (χ0n) is 17.3. The van der Waals surface area contributed by atoms with Crippen molar-refractivity contribution in [2.45, 2.75) is 58.7 Å². The molecule has 1 aromatic heterocycles. The van der Waals surface area contributed by atoms with Crippen LogP contribution in [0, 0.1) is 0 Å². The Bertz CT molecular complexity index is 734. The number of pyridine rings is 1. The average molecular weight is 368 g/mol. The fourth-order valence-corrected chi connectivity index (χ4v) is 3.51. The van der Waals surface area contributed by atoms with Gasteiger partial charge in [0.25, 0.3) is 0 Å². The van der Waals surface area contributed by atoms with Crippen molar-refractivity contribution in [3.63, 3.8) is 0 Å². The lowest BCUT2D eigenvalue weighted by Crippen LogP contribution is -2.45. The first kappa shape index (κ1) is 19.8. The molecule has 146 valence electrons. The van der Waals surface area contributed by atoms with Crippen LogP contribution in [0.4, 0.5) is 0 Å². The third-order valence-electron chi connectivity index (χ3n) is 4.92. The molecule has 1 unspecified atom stereocenters. The van der Waals surface area contributed by atoms with E-state index >= 15 is 0 Å². The van der Waals surface area contributed by atoms with Gasteiger partial charge in [-0.1, -0.05) is 45.0 Å². The first-order chi connectivity index (χ1) is 12.8. The quantitative estimate of drug-likeness (QED) is 0.854. The largest absolute Gasteiger partial charge is 0.491 e. The maximum Gasteiger partial charge on any atom is 0.124 e. The van der Waals surface area contributed by atoms with Crippen LogP contribution in [-0.4, -0.2) is 35.6 Å². The topological polar surface area (TPSA) is 37.4 Å². The second-order valence-electron chi connectivity index (χ2n) is 8.75. The smallest absolute Gasteiger partial charge is 0.124 e. The zero-order chi connectivity index (χ0) is 19.4. The Hall–Kier alpha value is -1.91. The monoisotopic (exact) mass is 367 g/mol. The van der Waals surface area contributed by atoms with E-state index in [-0.39, 0.29) is 17.6 Å². The van der Waals surface area contributed by atoms with Crippen molar-refractivity contribution >= 4 is 0 Å². The Morgan fingerprint density at radius 2 is 1.96 bits per heavy atom. The van der Waals surface area contributed by atoms with E-state index in [9.17, 15) is 0 Å². The molecule has 1 aliphatic heterocycles. The van der Waals surface area contributed by atoms with Crippen molar-refractivity contribution in [3.05, 3.63) is 59.4 Å². The maximum absolute atomic E-state index is 6.03. The molecule has 0 saturated carbocycles. The number of para-hydroxylation sites is 1. The maximum atomic E-state index is 6.03. The number of nitrogens with zero attached hydrogens (tertiary/aromatic N) is 2. The van der Waals surface area contributed by atoms with Gasteiger partial charge in [-0.05, 0) is 31.5 Å². The molecule has 0 amide bonds. The van der Waals surface area contributed by atoms with Gasteiger partial charge in [0, 0.05) is 55.1 Å². The van der Waals surface area contributed by atoms with Crippen LogP contribution in [0.3, 0.4) is 0 Å². The molecular formula is C23H33N3O. The minimum absolute atomic E-state index is 0.0960. The molecule has 0 spiro atoms. The Morgan fingerprint density at radius 1 is 1.19 bits per heavy atom. The number of aromatic nitrogens is 1. The fourth-order valence-electron chi connectivity index (χ4n) is 3.51. The normalized spacial score (nSPS) is 18.7. The molecule has 0 bridgehead atoms. The molecule has 1 atom stereocenters. The molecular weight excluding hydrogens is 334 g/mol. The number of ether oxygens (including phenoxy) is 1. The summed E-state index contributed by atoms with van der Waals surface area (Å²) in [4.78, 5) is 7.18. The first-order valence-corrected chi connectivity index (χ1v) is 9.99. The molecule has 0 radical (unpaired) electrons. The van der Waals surface area contributed by atoms with Gasteiger partial charge in [0.1, 0.15) is 5.75 Å². The van der Waals surface area contributed by atoms with Crippen LogP contribution in [0.25, 0.3) is 0 Å². The molecule has 1 N–H and O–H groups in total. The number of piperazine rings is 1. The van der Waals surface area contributed by atoms with Gasteiger partial charge in [0.15, 0.2) is 0 Å². The second-order valence-corrected chi connectivity index (χ2v) is 8.75. The van der Waals surface area contributed by atoms with Crippen molar-refractivity contribution in [2.24, 2.45) is 0 Å². The van der Waals surface area contributed by atoms with Crippen molar-refractivity contribution in [2.75, 3.05) is 19.6 Å². The first-order valence-electron chi connectivity index (χ1n) is 9.99. The minimum Gasteiger partial charge on any atom is -0.491 e.